The predicted octanol–water partition coefficient (Wildman–Crippen LogP) is 5.11. The van der Waals surface area contributed by atoms with Crippen molar-refractivity contribution >= 4 is 5.69 Å². The molecule has 20 heavy (non-hydrogen) atoms. The van der Waals surface area contributed by atoms with Gasteiger partial charge in [-0.25, -0.2) is 0 Å². The van der Waals surface area contributed by atoms with Gasteiger partial charge < -0.3 is 5.32 Å². The first-order chi connectivity index (χ1) is 9.56. The zero-order valence-electron chi connectivity index (χ0n) is 13.0. The summed E-state index contributed by atoms with van der Waals surface area (Å²) in [5.74, 6) is 0.717. The standard InChI is InChI=1S/C19H25N/c1-14(2)12-17-8-10-18(11-9-17)13-20-19-7-5-6-15(3)16(19)4/h5-11,14,20H,12-13H2,1-4H3. The summed E-state index contributed by atoms with van der Waals surface area (Å²) in [5.41, 5.74) is 6.66. The van der Waals surface area contributed by atoms with Crippen LogP contribution in [0.1, 0.15) is 36.1 Å². The number of hydrogen-bond acceptors (Lipinski definition) is 1. The zero-order valence-corrected chi connectivity index (χ0v) is 13.0. The van der Waals surface area contributed by atoms with Gasteiger partial charge in [0.15, 0.2) is 0 Å². The van der Waals surface area contributed by atoms with Gasteiger partial charge in [-0.2, -0.15) is 0 Å². The van der Waals surface area contributed by atoms with Crippen LogP contribution in [-0.2, 0) is 13.0 Å². The predicted molar refractivity (Wildman–Crippen MR) is 88.2 cm³/mol. The summed E-state index contributed by atoms with van der Waals surface area (Å²) in [7, 11) is 0. The normalized spacial score (nSPS) is 10.8. The first kappa shape index (κ1) is 14.6. The van der Waals surface area contributed by atoms with Crippen LogP contribution in [0.15, 0.2) is 42.5 Å². The summed E-state index contributed by atoms with van der Waals surface area (Å²) in [6, 6.07) is 15.4. The Morgan fingerprint density at radius 1 is 0.900 bits per heavy atom. The highest BCUT2D eigenvalue weighted by molar-refractivity contribution is 5.53. The number of nitrogens with one attached hydrogen (secondary N) is 1. The highest BCUT2D eigenvalue weighted by atomic mass is 14.9. The Morgan fingerprint density at radius 2 is 1.55 bits per heavy atom. The van der Waals surface area contributed by atoms with Gasteiger partial charge in [0.1, 0.15) is 0 Å². The molecule has 0 unspecified atom stereocenters. The Kier molecular flexibility index (Phi) is 4.84. The molecule has 0 aliphatic heterocycles. The van der Waals surface area contributed by atoms with Crippen molar-refractivity contribution in [3.05, 3.63) is 64.7 Å². The smallest absolute Gasteiger partial charge is 0.0400 e. The molecule has 0 saturated heterocycles. The zero-order chi connectivity index (χ0) is 14.5. The topological polar surface area (TPSA) is 12.0 Å². The summed E-state index contributed by atoms with van der Waals surface area (Å²) >= 11 is 0. The Bertz CT molecular complexity index is 552. The van der Waals surface area contributed by atoms with Crippen LogP contribution in [0, 0.1) is 19.8 Å². The molecule has 2 aromatic rings. The number of rotatable bonds is 5. The van der Waals surface area contributed by atoms with E-state index in [0.29, 0.717) is 5.92 Å². The molecule has 0 radical (unpaired) electrons. The molecule has 1 heteroatoms. The molecule has 0 aliphatic rings. The number of benzene rings is 2. The van der Waals surface area contributed by atoms with Crippen molar-refractivity contribution < 1.29 is 0 Å². The van der Waals surface area contributed by atoms with E-state index in [2.05, 4.69) is 75.5 Å². The fraction of sp³-hybridized carbons (Fsp3) is 0.368. The van der Waals surface area contributed by atoms with E-state index < -0.39 is 0 Å². The van der Waals surface area contributed by atoms with Gasteiger partial charge in [-0.3, -0.25) is 0 Å². The second kappa shape index (κ2) is 6.60. The van der Waals surface area contributed by atoms with Crippen LogP contribution in [-0.4, -0.2) is 0 Å². The average molecular weight is 267 g/mol. The molecular formula is C19H25N. The molecule has 2 aromatic carbocycles. The van der Waals surface area contributed by atoms with Gasteiger partial charge in [-0.05, 0) is 54.5 Å². The lowest BCUT2D eigenvalue weighted by atomic mass is 10.0. The Hall–Kier alpha value is -1.76. The van der Waals surface area contributed by atoms with Crippen LogP contribution in [0.2, 0.25) is 0 Å². The maximum Gasteiger partial charge on any atom is 0.0400 e. The minimum Gasteiger partial charge on any atom is -0.381 e. The molecule has 0 aliphatic carbocycles. The highest BCUT2D eigenvalue weighted by Crippen LogP contribution is 2.19. The van der Waals surface area contributed by atoms with E-state index in [1.54, 1.807) is 0 Å². The van der Waals surface area contributed by atoms with Crippen LogP contribution >= 0.6 is 0 Å². The summed E-state index contributed by atoms with van der Waals surface area (Å²) < 4.78 is 0. The van der Waals surface area contributed by atoms with Gasteiger partial charge in [0.2, 0.25) is 0 Å². The molecule has 0 saturated carbocycles. The first-order valence-electron chi connectivity index (χ1n) is 7.44. The van der Waals surface area contributed by atoms with Gasteiger partial charge in [0.05, 0.1) is 0 Å². The van der Waals surface area contributed by atoms with Crippen LogP contribution in [0.3, 0.4) is 0 Å². The van der Waals surface area contributed by atoms with Crippen molar-refractivity contribution in [1.29, 1.82) is 0 Å². The van der Waals surface area contributed by atoms with Crippen molar-refractivity contribution in [2.45, 2.75) is 40.7 Å². The Balaban J connectivity index is 1.99. The summed E-state index contributed by atoms with van der Waals surface area (Å²) in [5, 5.41) is 3.53. The fourth-order valence-corrected chi connectivity index (χ4v) is 2.40. The number of hydrogen-bond donors (Lipinski definition) is 1. The number of aryl methyl sites for hydroxylation is 1. The second-order valence-corrected chi connectivity index (χ2v) is 6.02. The van der Waals surface area contributed by atoms with Crippen LogP contribution in [0.5, 0.6) is 0 Å². The van der Waals surface area contributed by atoms with Gasteiger partial charge in [0.25, 0.3) is 0 Å². The molecule has 0 aromatic heterocycles. The Labute approximate surface area is 123 Å². The molecule has 0 heterocycles. The maximum atomic E-state index is 3.53. The molecule has 1 nitrogen and oxygen atoms in total. The highest BCUT2D eigenvalue weighted by Gasteiger charge is 2.01. The van der Waals surface area contributed by atoms with Crippen molar-refractivity contribution in [2.75, 3.05) is 5.32 Å². The summed E-state index contributed by atoms with van der Waals surface area (Å²) in [4.78, 5) is 0. The molecular weight excluding hydrogens is 242 g/mol. The second-order valence-electron chi connectivity index (χ2n) is 6.02. The van der Waals surface area contributed by atoms with E-state index in [9.17, 15) is 0 Å². The van der Waals surface area contributed by atoms with Gasteiger partial charge >= 0.3 is 0 Å². The maximum absolute atomic E-state index is 3.53. The molecule has 0 atom stereocenters. The fourth-order valence-electron chi connectivity index (χ4n) is 2.40. The lowest BCUT2D eigenvalue weighted by molar-refractivity contribution is 0.647. The van der Waals surface area contributed by atoms with E-state index >= 15 is 0 Å². The van der Waals surface area contributed by atoms with Crippen LogP contribution in [0.4, 0.5) is 5.69 Å². The molecule has 0 spiro atoms. The third-order valence-electron chi connectivity index (χ3n) is 3.75. The van der Waals surface area contributed by atoms with Crippen molar-refractivity contribution in [3.63, 3.8) is 0 Å². The third kappa shape index (κ3) is 3.86. The van der Waals surface area contributed by atoms with E-state index in [0.717, 1.165) is 13.0 Å². The quantitative estimate of drug-likeness (QED) is 0.793. The average Bonchev–Trinajstić information content (AvgIpc) is 2.41. The SMILES string of the molecule is Cc1cccc(NCc2ccc(CC(C)C)cc2)c1C. The van der Waals surface area contributed by atoms with Crippen molar-refractivity contribution in [2.24, 2.45) is 5.92 Å². The lowest BCUT2D eigenvalue weighted by Crippen LogP contribution is -2.02. The third-order valence-corrected chi connectivity index (χ3v) is 3.75. The van der Waals surface area contributed by atoms with Crippen molar-refractivity contribution in [1.82, 2.24) is 0 Å². The monoisotopic (exact) mass is 267 g/mol. The van der Waals surface area contributed by atoms with Gasteiger partial charge in [0, 0.05) is 12.2 Å². The molecule has 0 fully saturated rings. The molecule has 2 rings (SSSR count). The minimum atomic E-state index is 0.717. The van der Waals surface area contributed by atoms with Crippen LogP contribution < -0.4 is 5.32 Å². The first-order valence-corrected chi connectivity index (χ1v) is 7.44. The molecule has 0 amide bonds. The van der Waals surface area contributed by atoms with E-state index in [1.807, 2.05) is 0 Å². The molecule has 1 N–H and O–H groups in total. The summed E-state index contributed by atoms with van der Waals surface area (Å²) in [6.45, 7) is 9.73. The van der Waals surface area contributed by atoms with E-state index in [-0.39, 0.29) is 0 Å². The Morgan fingerprint density at radius 3 is 2.20 bits per heavy atom. The lowest BCUT2D eigenvalue weighted by Gasteiger charge is -2.12. The van der Waals surface area contributed by atoms with E-state index in [4.69, 9.17) is 0 Å². The largest absolute Gasteiger partial charge is 0.381 e. The molecule has 106 valence electrons. The number of anilines is 1. The molecule has 0 bridgehead atoms. The van der Waals surface area contributed by atoms with Gasteiger partial charge in [-0.1, -0.05) is 50.2 Å². The summed E-state index contributed by atoms with van der Waals surface area (Å²) in [6.07, 6.45) is 1.16. The minimum absolute atomic E-state index is 0.717. The van der Waals surface area contributed by atoms with E-state index in [1.165, 1.54) is 27.9 Å². The van der Waals surface area contributed by atoms with Crippen molar-refractivity contribution in [3.8, 4) is 0 Å². The van der Waals surface area contributed by atoms with Crippen LogP contribution in [0.25, 0.3) is 0 Å². The van der Waals surface area contributed by atoms with Gasteiger partial charge in [-0.15, -0.1) is 0 Å².